The monoisotopic (exact) mass is 504 g/mol. The van der Waals surface area contributed by atoms with Crippen LogP contribution >= 0.6 is 43.5 Å². The van der Waals surface area contributed by atoms with Gasteiger partial charge in [-0.05, 0) is 18.6 Å². The van der Waals surface area contributed by atoms with E-state index in [0.29, 0.717) is 25.1 Å². The predicted molar refractivity (Wildman–Crippen MR) is 109 cm³/mol. The number of halogens is 3. The first kappa shape index (κ1) is 19.7. The number of methoxy groups -OCH3 is 1. The van der Waals surface area contributed by atoms with Crippen molar-refractivity contribution in [3.63, 3.8) is 0 Å². The number of carbonyl (C=O) groups is 2. The Labute approximate surface area is 174 Å². The normalized spacial score (nSPS) is 26.5. The Morgan fingerprint density at radius 2 is 2.23 bits per heavy atom. The van der Waals surface area contributed by atoms with Crippen LogP contribution in [0.5, 0.6) is 5.75 Å². The van der Waals surface area contributed by atoms with Gasteiger partial charge in [-0.1, -0.05) is 44.0 Å². The highest BCUT2D eigenvalue weighted by atomic mass is 79.9. The second-order valence-electron chi connectivity index (χ2n) is 6.42. The first-order valence-corrected chi connectivity index (χ1v) is 10.2. The Morgan fingerprint density at radius 1 is 1.54 bits per heavy atom. The van der Waals surface area contributed by atoms with Crippen molar-refractivity contribution in [2.75, 3.05) is 25.1 Å². The number of ether oxygens (including phenoxy) is 1. The summed E-state index contributed by atoms with van der Waals surface area (Å²) in [4.78, 5) is 28.2. The van der Waals surface area contributed by atoms with Crippen molar-refractivity contribution in [2.45, 2.75) is 27.0 Å². The average molecular weight is 507 g/mol. The second-order valence-corrected chi connectivity index (χ2v) is 10.8. The molecular weight excluding hydrogens is 487 g/mol. The molecule has 5 nitrogen and oxygen atoms in total. The Balaban J connectivity index is 1.82. The highest BCUT2D eigenvalue weighted by molar-refractivity contribution is 9.25. The molecule has 2 unspecified atom stereocenters. The number of nitrogens with zero attached hydrogens (tertiary/aromatic N) is 2. The van der Waals surface area contributed by atoms with Gasteiger partial charge in [-0.25, -0.2) is 0 Å². The maximum Gasteiger partial charge on any atom is 0.249 e. The minimum atomic E-state index is -1.08. The molecule has 3 rings (SSSR count). The van der Waals surface area contributed by atoms with Gasteiger partial charge in [0.1, 0.15) is 15.0 Å². The maximum atomic E-state index is 13.0. The third-order valence-electron chi connectivity index (χ3n) is 4.76. The highest BCUT2D eigenvalue weighted by Crippen LogP contribution is 2.64. The first-order valence-electron chi connectivity index (χ1n) is 8.19. The lowest BCUT2D eigenvalue weighted by Gasteiger charge is -2.29. The molecule has 2 aliphatic rings. The lowest BCUT2D eigenvalue weighted by molar-refractivity contribution is -0.137. The molecule has 8 heteroatoms. The summed E-state index contributed by atoms with van der Waals surface area (Å²) in [6.45, 7) is 4.51. The zero-order valence-electron chi connectivity index (χ0n) is 14.3. The van der Waals surface area contributed by atoms with E-state index in [1.807, 2.05) is 24.3 Å². The third kappa shape index (κ3) is 3.29. The number of hydrogen-bond donors (Lipinski definition) is 0. The molecule has 1 saturated carbocycles. The molecule has 1 saturated heterocycles. The van der Waals surface area contributed by atoms with Gasteiger partial charge in [0.05, 0.1) is 7.11 Å². The topological polar surface area (TPSA) is 49.9 Å². The molecule has 1 aromatic rings. The molecule has 2 amide bonds. The van der Waals surface area contributed by atoms with Crippen LogP contribution in [-0.4, -0.2) is 51.1 Å². The van der Waals surface area contributed by atoms with Gasteiger partial charge in [0.2, 0.25) is 11.8 Å². The molecule has 0 bridgehead atoms. The van der Waals surface area contributed by atoms with Gasteiger partial charge >= 0.3 is 0 Å². The van der Waals surface area contributed by atoms with E-state index in [0.717, 1.165) is 5.69 Å². The summed E-state index contributed by atoms with van der Waals surface area (Å²) in [7, 11) is 1.58. The summed E-state index contributed by atoms with van der Waals surface area (Å²) in [6.07, 6.45) is 2.61. The Bertz CT molecular complexity index is 758. The number of amides is 2. The average Bonchev–Trinajstić information content (AvgIpc) is 2.94. The van der Waals surface area contributed by atoms with E-state index in [-0.39, 0.29) is 18.4 Å². The molecule has 0 N–H and O–H groups in total. The van der Waals surface area contributed by atoms with Crippen molar-refractivity contribution in [2.24, 2.45) is 0 Å². The predicted octanol–water partition coefficient (Wildman–Crippen LogP) is 3.68. The smallest absolute Gasteiger partial charge is 0.249 e. The van der Waals surface area contributed by atoms with Crippen molar-refractivity contribution in [3.05, 3.63) is 36.9 Å². The van der Waals surface area contributed by atoms with Crippen LogP contribution in [0.4, 0.5) is 5.69 Å². The van der Waals surface area contributed by atoms with E-state index in [2.05, 4.69) is 38.4 Å². The SMILES string of the molecule is C=CCN(C(=O)C1(Cl)CC1(Br)Br)C1CCN(c2cccc(OC)c2)C1=O. The van der Waals surface area contributed by atoms with Crippen molar-refractivity contribution in [1.82, 2.24) is 4.90 Å². The summed E-state index contributed by atoms with van der Waals surface area (Å²) in [5, 5.41) is 0. The molecule has 0 aromatic heterocycles. The van der Waals surface area contributed by atoms with Crippen molar-refractivity contribution < 1.29 is 14.3 Å². The zero-order valence-corrected chi connectivity index (χ0v) is 18.2. The molecule has 2 atom stereocenters. The van der Waals surface area contributed by atoms with Crippen molar-refractivity contribution in [1.29, 1.82) is 0 Å². The summed E-state index contributed by atoms with van der Waals surface area (Å²) < 4.78 is 4.61. The van der Waals surface area contributed by atoms with Crippen LogP contribution in [-0.2, 0) is 9.59 Å². The van der Waals surface area contributed by atoms with E-state index in [4.69, 9.17) is 16.3 Å². The fourth-order valence-corrected chi connectivity index (χ4v) is 5.01. The fourth-order valence-electron chi connectivity index (χ4n) is 3.20. The molecule has 1 aliphatic carbocycles. The van der Waals surface area contributed by atoms with Crippen LogP contribution in [0, 0.1) is 0 Å². The zero-order chi connectivity index (χ0) is 19.1. The van der Waals surface area contributed by atoms with E-state index >= 15 is 0 Å². The Hall–Kier alpha value is -1.05. The second kappa shape index (κ2) is 7.17. The van der Waals surface area contributed by atoms with Crippen LogP contribution in [0.2, 0.25) is 0 Å². The van der Waals surface area contributed by atoms with Crippen LogP contribution in [0.25, 0.3) is 0 Å². The van der Waals surface area contributed by atoms with E-state index < -0.39 is 14.1 Å². The van der Waals surface area contributed by atoms with Crippen LogP contribution in [0.3, 0.4) is 0 Å². The van der Waals surface area contributed by atoms with E-state index in [1.165, 1.54) is 4.90 Å². The van der Waals surface area contributed by atoms with Crippen molar-refractivity contribution in [3.8, 4) is 5.75 Å². The molecule has 0 radical (unpaired) electrons. The third-order valence-corrected chi connectivity index (χ3v) is 7.75. The summed E-state index contributed by atoms with van der Waals surface area (Å²) >= 11 is 13.3. The molecule has 1 heterocycles. The molecular formula is C18H19Br2ClN2O3. The van der Waals surface area contributed by atoms with Gasteiger partial charge in [0, 0.05) is 31.3 Å². The van der Waals surface area contributed by atoms with Gasteiger partial charge in [-0.2, -0.15) is 0 Å². The number of anilines is 1. The Kier molecular flexibility index (Phi) is 5.43. The van der Waals surface area contributed by atoms with E-state index in [1.54, 1.807) is 18.1 Å². The van der Waals surface area contributed by atoms with Gasteiger partial charge in [-0.3, -0.25) is 9.59 Å². The van der Waals surface area contributed by atoms with Crippen LogP contribution < -0.4 is 9.64 Å². The minimum Gasteiger partial charge on any atom is -0.497 e. The Morgan fingerprint density at radius 3 is 2.81 bits per heavy atom. The van der Waals surface area contributed by atoms with E-state index in [9.17, 15) is 9.59 Å². The summed E-state index contributed by atoms with van der Waals surface area (Å²) in [5.74, 6) is 0.293. The lowest BCUT2D eigenvalue weighted by Crippen LogP contribution is -2.50. The van der Waals surface area contributed by atoms with Crippen LogP contribution in [0.15, 0.2) is 36.9 Å². The molecule has 1 aromatic carbocycles. The largest absolute Gasteiger partial charge is 0.497 e. The number of rotatable bonds is 6. The van der Waals surface area contributed by atoms with Gasteiger partial charge in [0.25, 0.3) is 0 Å². The quantitative estimate of drug-likeness (QED) is 0.437. The van der Waals surface area contributed by atoms with Gasteiger partial charge < -0.3 is 14.5 Å². The number of benzene rings is 1. The minimum absolute atomic E-state index is 0.121. The number of hydrogen-bond acceptors (Lipinski definition) is 3. The molecule has 140 valence electrons. The fraction of sp³-hybridized carbons (Fsp3) is 0.444. The maximum absolute atomic E-state index is 13.0. The first-order chi connectivity index (χ1) is 12.2. The highest BCUT2D eigenvalue weighted by Gasteiger charge is 2.71. The van der Waals surface area contributed by atoms with Crippen molar-refractivity contribution >= 4 is 61.0 Å². The number of carbonyl (C=O) groups excluding carboxylic acids is 2. The summed E-state index contributed by atoms with van der Waals surface area (Å²) in [5.41, 5.74) is 0.755. The number of alkyl halides is 3. The molecule has 1 aliphatic heterocycles. The van der Waals surface area contributed by atoms with Crippen LogP contribution in [0.1, 0.15) is 12.8 Å². The molecule has 2 fully saturated rings. The van der Waals surface area contributed by atoms with Gasteiger partial charge in [-0.15, -0.1) is 18.2 Å². The molecule has 0 spiro atoms. The standard InChI is InChI=1S/C18H19Br2ClN2O3/c1-3-8-23(16(25)17(21)11-18(17,19)20)14-7-9-22(15(14)24)12-5-4-6-13(10-12)26-2/h3-6,10,14H,1,7-9,11H2,2H3. The summed E-state index contributed by atoms with van der Waals surface area (Å²) in [6, 6.07) is 6.77. The molecule has 26 heavy (non-hydrogen) atoms. The van der Waals surface area contributed by atoms with Gasteiger partial charge in [0.15, 0.2) is 4.87 Å². The lowest BCUT2D eigenvalue weighted by atomic mass is 10.2.